The fourth-order valence-electron chi connectivity index (χ4n) is 1.23. The van der Waals surface area contributed by atoms with Crippen molar-refractivity contribution >= 4 is 10.1 Å². The van der Waals surface area contributed by atoms with Crippen LogP contribution in [0.3, 0.4) is 0 Å². The molecule has 96 valence electrons. The average molecular weight is 268 g/mol. The topological polar surface area (TPSA) is 43.4 Å². The van der Waals surface area contributed by atoms with Gasteiger partial charge in [-0.25, -0.2) is 13.2 Å². The Morgan fingerprint density at radius 2 is 1.71 bits per heavy atom. The number of hydrogen-bond acceptors (Lipinski definition) is 3. The quantitative estimate of drug-likeness (QED) is 0.466. The van der Waals surface area contributed by atoms with E-state index in [1.165, 1.54) is 0 Å². The Labute approximate surface area is 97.3 Å². The first-order valence-electron chi connectivity index (χ1n) is 4.77. The van der Waals surface area contributed by atoms with Gasteiger partial charge in [-0.05, 0) is 24.5 Å². The van der Waals surface area contributed by atoms with E-state index in [0.717, 1.165) is 12.3 Å². The molecule has 0 N–H and O–H groups in total. The van der Waals surface area contributed by atoms with Crippen LogP contribution in [-0.2, 0) is 20.7 Å². The largest absolute Gasteiger partial charge is 0.270 e. The molecule has 0 fully saturated rings. The number of hydrogen-bond donors (Lipinski definition) is 0. The third-order valence-corrected chi connectivity index (χ3v) is 2.57. The molecule has 17 heavy (non-hydrogen) atoms. The van der Waals surface area contributed by atoms with Crippen LogP contribution in [0, 0.1) is 17.5 Å². The van der Waals surface area contributed by atoms with Crippen LogP contribution >= 0.6 is 0 Å². The number of benzene rings is 1. The van der Waals surface area contributed by atoms with Crippen molar-refractivity contribution in [2.45, 2.75) is 12.8 Å². The molecule has 3 nitrogen and oxygen atoms in total. The molecule has 0 spiro atoms. The lowest BCUT2D eigenvalue weighted by Gasteiger charge is -2.04. The van der Waals surface area contributed by atoms with E-state index in [0.29, 0.717) is 6.07 Å². The zero-order chi connectivity index (χ0) is 13.1. The van der Waals surface area contributed by atoms with Gasteiger partial charge in [0.1, 0.15) is 5.82 Å². The summed E-state index contributed by atoms with van der Waals surface area (Å²) in [6.45, 7) is -0.128. The molecule has 0 atom stereocenters. The molecule has 0 unspecified atom stereocenters. The van der Waals surface area contributed by atoms with Gasteiger partial charge in [-0.2, -0.15) is 8.42 Å². The first-order valence-corrected chi connectivity index (χ1v) is 6.59. The predicted octanol–water partition coefficient (Wildman–Crippen LogP) is 2.01. The van der Waals surface area contributed by atoms with E-state index >= 15 is 0 Å². The Hall–Kier alpha value is -1.08. The van der Waals surface area contributed by atoms with Gasteiger partial charge in [0.15, 0.2) is 11.6 Å². The van der Waals surface area contributed by atoms with Crippen molar-refractivity contribution < 1.29 is 25.8 Å². The lowest BCUT2D eigenvalue weighted by molar-refractivity contribution is 0.315. The molecule has 0 aliphatic rings. The fraction of sp³-hybridized carbons (Fsp3) is 0.400. The maximum Gasteiger partial charge on any atom is 0.264 e. The Morgan fingerprint density at radius 3 is 2.29 bits per heavy atom. The number of halogens is 3. The average Bonchev–Trinajstić information content (AvgIpc) is 2.18. The lowest BCUT2D eigenvalue weighted by Crippen LogP contribution is -2.05. The molecule has 7 heteroatoms. The normalized spacial score (nSPS) is 11.8. The molecular formula is C10H11F3O3S. The Bertz CT molecular complexity index is 500. The highest BCUT2D eigenvalue weighted by atomic mass is 32.2. The minimum Gasteiger partial charge on any atom is -0.270 e. The maximum atomic E-state index is 13.1. The van der Waals surface area contributed by atoms with E-state index < -0.39 is 27.6 Å². The van der Waals surface area contributed by atoms with Gasteiger partial charge in [-0.15, -0.1) is 0 Å². The van der Waals surface area contributed by atoms with E-state index in [-0.39, 0.29) is 25.0 Å². The monoisotopic (exact) mass is 268 g/mol. The van der Waals surface area contributed by atoms with Crippen molar-refractivity contribution in [3.63, 3.8) is 0 Å². The summed E-state index contributed by atoms with van der Waals surface area (Å²) in [6, 6.07) is 1.22. The Morgan fingerprint density at radius 1 is 1.12 bits per heavy atom. The van der Waals surface area contributed by atoms with Gasteiger partial charge in [-0.1, -0.05) is 0 Å². The molecular weight excluding hydrogens is 257 g/mol. The second kappa shape index (κ2) is 5.50. The Kier molecular flexibility index (Phi) is 4.53. The lowest BCUT2D eigenvalue weighted by atomic mass is 10.1. The van der Waals surface area contributed by atoms with Crippen molar-refractivity contribution in [3.05, 3.63) is 35.1 Å². The predicted molar refractivity (Wildman–Crippen MR) is 55.4 cm³/mol. The molecule has 0 aromatic heterocycles. The standard InChI is InChI=1S/C10H11F3O3S/c1-17(14,15)16-4-2-3-7-5-9(12)10(13)6-8(7)11/h5-6H,2-4H2,1H3. The van der Waals surface area contributed by atoms with Crippen LogP contribution in [0.4, 0.5) is 13.2 Å². The summed E-state index contributed by atoms with van der Waals surface area (Å²) in [5.41, 5.74) is -0.0130. The highest BCUT2D eigenvalue weighted by Gasteiger charge is 2.10. The molecule has 0 heterocycles. The first-order chi connectivity index (χ1) is 7.79. The molecule has 0 aliphatic heterocycles. The van der Waals surface area contributed by atoms with Gasteiger partial charge < -0.3 is 0 Å². The maximum absolute atomic E-state index is 13.1. The first kappa shape index (κ1) is 14.0. The van der Waals surface area contributed by atoms with Gasteiger partial charge in [0, 0.05) is 6.07 Å². The fourth-order valence-corrected chi connectivity index (χ4v) is 1.65. The van der Waals surface area contributed by atoms with E-state index in [9.17, 15) is 21.6 Å². The van der Waals surface area contributed by atoms with Crippen LogP contribution in [0.2, 0.25) is 0 Å². The van der Waals surface area contributed by atoms with E-state index in [1.807, 2.05) is 0 Å². The summed E-state index contributed by atoms with van der Waals surface area (Å²) in [5.74, 6) is -3.24. The van der Waals surface area contributed by atoms with Crippen LogP contribution in [0.25, 0.3) is 0 Å². The van der Waals surface area contributed by atoms with Crippen molar-refractivity contribution in [1.29, 1.82) is 0 Å². The van der Waals surface area contributed by atoms with Crippen molar-refractivity contribution in [2.24, 2.45) is 0 Å². The molecule has 0 saturated heterocycles. The summed E-state index contributed by atoms with van der Waals surface area (Å²) >= 11 is 0. The summed E-state index contributed by atoms with van der Waals surface area (Å²) in [6.07, 6.45) is 1.15. The summed E-state index contributed by atoms with van der Waals surface area (Å²) < 4.78 is 64.1. The highest BCUT2D eigenvalue weighted by molar-refractivity contribution is 7.85. The summed E-state index contributed by atoms with van der Waals surface area (Å²) in [4.78, 5) is 0. The van der Waals surface area contributed by atoms with Crippen LogP contribution in [-0.4, -0.2) is 21.3 Å². The van der Waals surface area contributed by atoms with E-state index in [2.05, 4.69) is 4.18 Å². The summed E-state index contributed by atoms with van der Waals surface area (Å²) in [5, 5.41) is 0. The highest BCUT2D eigenvalue weighted by Crippen LogP contribution is 2.15. The molecule has 0 bridgehead atoms. The zero-order valence-corrected chi connectivity index (χ0v) is 9.86. The van der Waals surface area contributed by atoms with Crippen LogP contribution in [0.5, 0.6) is 0 Å². The van der Waals surface area contributed by atoms with Gasteiger partial charge in [-0.3, -0.25) is 4.18 Å². The van der Waals surface area contributed by atoms with Gasteiger partial charge in [0.05, 0.1) is 12.9 Å². The van der Waals surface area contributed by atoms with Crippen molar-refractivity contribution in [2.75, 3.05) is 12.9 Å². The van der Waals surface area contributed by atoms with Gasteiger partial charge >= 0.3 is 0 Å². The van der Waals surface area contributed by atoms with E-state index in [4.69, 9.17) is 0 Å². The second-order valence-corrected chi connectivity index (χ2v) is 5.13. The second-order valence-electron chi connectivity index (χ2n) is 3.49. The van der Waals surface area contributed by atoms with Crippen LogP contribution in [0.15, 0.2) is 12.1 Å². The number of rotatable bonds is 5. The molecule has 1 aromatic carbocycles. The third kappa shape index (κ3) is 4.74. The molecule has 0 amide bonds. The van der Waals surface area contributed by atoms with Crippen LogP contribution < -0.4 is 0 Å². The van der Waals surface area contributed by atoms with Gasteiger partial charge in [0.2, 0.25) is 0 Å². The smallest absolute Gasteiger partial charge is 0.264 e. The Balaban J connectivity index is 2.55. The van der Waals surface area contributed by atoms with Crippen molar-refractivity contribution in [3.8, 4) is 0 Å². The van der Waals surface area contributed by atoms with Crippen molar-refractivity contribution in [1.82, 2.24) is 0 Å². The zero-order valence-electron chi connectivity index (χ0n) is 9.04. The minimum atomic E-state index is -3.53. The molecule has 0 radical (unpaired) electrons. The van der Waals surface area contributed by atoms with E-state index in [1.54, 1.807) is 0 Å². The number of aryl methyl sites for hydroxylation is 1. The van der Waals surface area contributed by atoms with Crippen LogP contribution in [0.1, 0.15) is 12.0 Å². The SMILES string of the molecule is CS(=O)(=O)OCCCc1cc(F)c(F)cc1F. The van der Waals surface area contributed by atoms with Gasteiger partial charge in [0.25, 0.3) is 10.1 Å². The minimum absolute atomic E-state index is 0.0130. The third-order valence-electron chi connectivity index (χ3n) is 1.98. The molecule has 0 saturated carbocycles. The molecule has 1 rings (SSSR count). The molecule has 1 aromatic rings. The molecule has 0 aliphatic carbocycles. The summed E-state index contributed by atoms with van der Waals surface area (Å²) in [7, 11) is -3.53.